The molecule has 0 unspecified atom stereocenters. The van der Waals surface area contributed by atoms with Crippen molar-refractivity contribution >= 4 is 0 Å². The SMILES string of the molecule is O.O.O.[CH3-].[Fe].[Fe].[O]=[Cu]. The fourth-order valence-electron chi connectivity index (χ4n) is 0. The third-order valence-corrected chi connectivity index (χ3v) is 0. The maximum atomic E-state index is 7.81. The molecule has 0 radical (unpaired) electrons. The normalized spacial score (nSPS) is 0.750. The van der Waals surface area contributed by atoms with Crippen molar-refractivity contribution in [3.8, 4) is 0 Å². The van der Waals surface area contributed by atoms with Crippen LogP contribution in [0.4, 0.5) is 0 Å². The quantitative estimate of drug-likeness (QED) is 0.359. The second kappa shape index (κ2) is 281. The fraction of sp³-hybridized carbons (Fsp3) is 0. The molecule has 4 nitrogen and oxygen atoms in total. The minimum atomic E-state index is 0. The van der Waals surface area contributed by atoms with Gasteiger partial charge in [0, 0.05) is 34.1 Å². The molecule has 0 fully saturated rings. The first-order valence-corrected chi connectivity index (χ1v) is 0.508. The van der Waals surface area contributed by atoms with Crippen molar-refractivity contribution in [2.75, 3.05) is 0 Å². The first-order chi connectivity index (χ1) is 1.00. The summed E-state index contributed by atoms with van der Waals surface area (Å²) >= 11 is 2.94. The van der Waals surface area contributed by atoms with Gasteiger partial charge in [-0.15, -0.1) is 0 Å². The molecule has 0 amide bonds. The van der Waals surface area contributed by atoms with Crippen LogP contribution >= 0.6 is 0 Å². The Kier molecular flexibility index (Phi) is 4400. The van der Waals surface area contributed by atoms with Crippen molar-refractivity contribution in [3.05, 3.63) is 7.43 Å². The predicted octanol–water partition coefficient (Wildman–Crippen LogP) is -2.15. The number of hydrogen-bond acceptors (Lipinski definition) is 1. The zero-order chi connectivity index (χ0) is 2.00. The molecule has 0 aliphatic carbocycles. The molecular weight excluding hydrogens is 251 g/mol. The summed E-state index contributed by atoms with van der Waals surface area (Å²) in [5, 5.41) is 0. The molecule has 7 heteroatoms. The summed E-state index contributed by atoms with van der Waals surface area (Å²) in [6.45, 7) is 0. The first-order valence-electron chi connectivity index (χ1n) is 0.123. The zero-order valence-corrected chi connectivity index (χ0v) is 7.07. The summed E-state index contributed by atoms with van der Waals surface area (Å²) in [6, 6.07) is 0. The van der Waals surface area contributed by atoms with Gasteiger partial charge in [0.25, 0.3) is 0 Å². The fourth-order valence-corrected chi connectivity index (χ4v) is 0. The Hall–Kier alpha value is 1.24. The summed E-state index contributed by atoms with van der Waals surface area (Å²) in [5.41, 5.74) is 0. The molecule has 0 spiro atoms. The van der Waals surface area contributed by atoms with E-state index in [1.165, 1.54) is 0 Å². The van der Waals surface area contributed by atoms with E-state index in [2.05, 4.69) is 15.9 Å². The number of hydrogen-bond donors (Lipinski definition) is 0. The van der Waals surface area contributed by atoms with Gasteiger partial charge in [0.1, 0.15) is 0 Å². The monoisotopic (exact) mass is 260 g/mol. The Morgan fingerprint density at radius 1 is 0.750 bits per heavy atom. The van der Waals surface area contributed by atoms with E-state index in [9.17, 15) is 0 Å². The molecule has 65 valence electrons. The van der Waals surface area contributed by atoms with Crippen molar-refractivity contribution in [3.63, 3.8) is 0 Å². The van der Waals surface area contributed by atoms with E-state index in [1.807, 2.05) is 0 Å². The standard InChI is InChI=1S/CH3.Cu.2Fe.3H2O.O/h1H3;;;;3*1H2;/q-1;;;;;;;. The Labute approximate surface area is 77.7 Å². The molecule has 6 N–H and O–H groups in total. The van der Waals surface area contributed by atoms with Crippen molar-refractivity contribution < 1.29 is 70.3 Å². The van der Waals surface area contributed by atoms with Crippen molar-refractivity contribution in [2.45, 2.75) is 0 Å². The molecule has 0 saturated carbocycles. The Morgan fingerprint density at radius 2 is 0.750 bits per heavy atom. The van der Waals surface area contributed by atoms with E-state index in [4.69, 9.17) is 3.83 Å². The third-order valence-electron chi connectivity index (χ3n) is 0. The molecule has 0 aromatic heterocycles. The molecule has 0 atom stereocenters. The van der Waals surface area contributed by atoms with E-state index in [1.54, 1.807) is 0 Å². The van der Waals surface area contributed by atoms with Crippen LogP contribution in [-0.4, -0.2) is 16.4 Å². The Bertz CT molecular complexity index is 14.0. The topological polar surface area (TPSA) is 112 Å². The first kappa shape index (κ1) is 125. The van der Waals surface area contributed by atoms with E-state index < -0.39 is 0 Å². The molecule has 0 bridgehead atoms. The molecule has 0 aliphatic heterocycles. The number of rotatable bonds is 0. The van der Waals surface area contributed by atoms with Gasteiger partial charge in [-0.05, 0) is 0 Å². The summed E-state index contributed by atoms with van der Waals surface area (Å²) in [7, 11) is 0. The van der Waals surface area contributed by atoms with Crippen LogP contribution in [0, 0.1) is 7.43 Å². The van der Waals surface area contributed by atoms with E-state index in [0.717, 1.165) is 0 Å². The molecule has 0 aromatic carbocycles. The third kappa shape index (κ3) is 184. The average molecular weight is 260 g/mol. The van der Waals surface area contributed by atoms with Crippen LogP contribution in [0.3, 0.4) is 0 Å². The molecule has 8 heavy (non-hydrogen) atoms. The summed E-state index contributed by atoms with van der Waals surface area (Å²) in [6.07, 6.45) is 0. The molecule has 0 aromatic rings. The van der Waals surface area contributed by atoms with Crippen LogP contribution in [0.5, 0.6) is 0 Å². The van der Waals surface area contributed by atoms with Gasteiger partial charge in [-0.25, -0.2) is 0 Å². The summed E-state index contributed by atoms with van der Waals surface area (Å²) < 4.78 is 7.81. The van der Waals surface area contributed by atoms with Gasteiger partial charge in [-0.3, -0.25) is 0 Å². The van der Waals surface area contributed by atoms with Gasteiger partial charge in [0.2, 0.25) is 0 Å². The molecular formula is CH9CuFe2O4-. The predicted molar refractivity (Wildman–Crippen MR) is 17.9 cm³/mol. The van der Waals surface area contributed by atoms with Crippen molar-refractivity contribution in [1.82, 2.24) is 0 Å². The molecule has 0 heterocycles. The van der Waals surface area contributed by atoms with Crippen molar-refractivity contribution in [1.29, 1.82) is 0 Å². The van der Waals surface area contributed by atoms with Gasteiger partial charge in [-0.2, -0.15) is 0 Å². The van der Waals surface area contributed by atoms with Crippen LogP contribution in [0.2, 0.25) is 0 Å². The van der Waals surface area contributed by atoms with Gasteiger partial charge in [0.15, 0.2) is 0 Å². The molecule has 0 aliphatic rings. The van der Waals surface area contributed by atoms with E-state index in [0.29, 0.717) is 0 Å². The van der Waals surface area contributed by atoms with E-state index >= 15 is 0 Å². The zero-order valence-electron chi connectivity index (χ0n) is 3.92. The Balaban J connectivity index is -0.000000000333. The second-order valence-electron chi connectivity index (χ2n) is 0. The van der Waals surface area contributed by atoms with Gasteiger partial charge < -0.3 is 23.9 Å². The van der Waals surface area contributed by atoms with Crippen LogP contribution < -0.4 is 0 Å². The van der Waals surface area contributed by atoms with Crippen LogP contribution in [0.25, 0.3) is 0 Å². The summed E-state index contributed by atoms with van der Waals surface area (Å²) in [5.74, 6) is 0. The molecule has 0 rings (SSSR count). The van der Waals surface area contributed by atoms with Crippen LogP contribution in [0.15, 0.2) is 0 Å². The van der Waals surface area contributed by atoms with Gasteiger partial charge in [-0.1, -0.05) is 0 Å². The molecule has 0 saturated heterocycles. The average Bonchev–Trinajstić information content (AvgIpc) is 1.00. The second-order valence-corrected chi connectivity index (χ2v) is 0. The van der Waals surface area contributed by atoms with Gasteiger partial charge in [0.05, 0.1) is 0 Å². The van der Waals surface area contributed by atoms with Crippen LogP contribution in [-0.2, 0) is 53.9 Å². The van der Waals surface area contributed by atoms with Gasteiger partial charge >= 0.3 is 19.8 Å². The Morgan fingerprint density at radius 3 is 0.750 bits per heavy atom. The van der Waals surface area contributed by atoms with Crippen LogP contribution in [0.1, 0.15) is 0 Å². The van der Waals surface area contributed by atoms with Crippen molar-refractivity contribution in [2.24, 2.45) is 0 Å². The minimum absolute atomic E-state index is 0. The van der Waals surface area contributed by atoms with E-state index in [-0.39, 0.29) is 58.0 Å². The maximum absolute atomic E-state index is 7.81. The summed E-state index contributed by atoms with van der Waals surface area (Å²) in [4.78, 5) is 0.